The molecule has 0 saturated carbocycles. The molecule has 1 N–H and O–H groups in total. The molecule has 2 amide bonds. The van der Waals surface area contributed by atoms with E-state index in [1.165, 1.54) is 0 Å². The number of likely N-dealkylation sites (tertiary alicyclic amines) is 1. The molecule has 6 heteroatoms. The van der Waals surface area contributed by atoms with Crippen molar-refractivity contribution in [1.29, 1.82) is 0 Å². The summed E-state index contributed by atoms with van der Waals surface area (Å²) in [6.45, 7) is 4.43. The van der Waals surface area contributed by atoms with E-state index in [-0.39, 0.29) is 17.4 Å². The summed E-state index contributed by atoms with van der Waals surface area (Å²) in [5, 5.41) is 10.4. The minimum absolute atomic E-state index is 0.000848. The maximum absolute atomic E-state index is 13.0. The molecule has 1 unspecified atom stereocenters. The number of ether oxygens (including phenoxy) is 1. The Bertz CT molecular complexity index is 737. The van der Waals surface area contributed by atoms with Crippen LogP contribution in [0.15, 0.2) is 24.3 Å². The van der Waals surface area contributed by atoms with Crippen LogP contribution in [-0.4, -0.2) is 59.3 Å². The Morgan fingerprint density at radius 2 is 1.96 bits per heavy atom. The zero-order valence-electron chi connectivity index (χ0n) is 15.9. The number of hydrogen-bond acceptors (Lipinski definition) is 4. The zero-order valence-corrected chi connectivity index (χ0v) is 15.9. The summed E-state index contributed by atoms with van der Waals surface area (Å²) in [5.41, 5.74) is 0.451. The fraction of sp³-hybridized carbons (Fsp3) is 0.619. The summed E-state index contributed by atoms with van der Waals surface area (Å²) >= 11 is 0. The van der Waals surface area contributed by atoms with Crippen LogP contribution >= 0.6 is 0 Å². The topological polar surface area (TPSA) is 70.1 Å². The van der Waals surface area contributed by atoms with Gasteiger partial charge in [0.2, 0.25) is 5.91 Å². The molecule has 0 radical (unpaired) electrons. The van der Waals surface area contributed by atoms with Gasteiger partial charge in [-0.05, 0) is 50.8 Å². The third-order valence-electron chi connectivity index (χ3n) is 6.19. The first-order valence-electron chi connectivity index (χ1n) is 9.94. The highest BCUT2D eigenvalue weighted by atomic mass is 16.5. The van der Waals surface area contributed by atoms with Crippen molar-refractivity contribution in [2.24, 2.45) is 0 Å². The Morgan fingerprint density at radius 3 is 2.63 bits per heavy atom. The number of hydrogen-bond donors (Lipinski definition) is 1. The van der Waals surface area contributed by atoms with Crippen LogP contribution in [-0.2, 0) is 9.53 Å². The summed E-state index contributed by atoms with van der Waals surface area (Å²) in [6.07, 6.45) is 4.25. The maximum Gasteiger partial charge on any atom is 0.253 e. The van der Waals surface area contributed by atoms with E-state index in [4.69, 9.17) is 4.74 Å². The molecule has 3 saturated heterocycles. The van der Waals surface area contributed by atoms with Gasteiger partial charge in [0, 0.05) is 43.7 Å². The number of carbonyl (C=O) groups excluding carboxylic acids is 2. The average molecular weight is 372 g/mol. The Hall–Kier alpha value is -1.92. The molecule has 1 aromatic carbocycles. The summed E-state index contributed by atoms with van der Waals surface area (Å²) in [5.74, 6) is 0.127. The molecule has 1 atom stereocenters. The predicted molar refractivity (Wildman–Crippen MR) is 102 cm³/mol. The molecular formula is C21H28N2O4. The van der Waals surface area contributed by atoms with E-state index in [9.17, 15) is 14.7 Å². The van der Waals surface area contributed by atoms with Gasteiger partial charge in [-0.2, -0.15) is 0 Å². The number of amides is 2. The summed E-state index contributed by atoms with van der Waals surface area (Å²) in [7, 11) is 0. The molecule has 4 rings (SSSR count). The smallest absolute Gasteiger partial charge is 0.253 e. The first-order valence-corrected chi connectivity index (χ1v) is 9.94. The van der Waals surface area contributed by atoms with Gasteiger partial charge in [0.15, 0.2) is 0 Å². The van der Waals surface area contributed by atoms with Gasteiger partial charge in [-0.3, -0.25) is 9.59 Å². The van der Waals surface area contributed by atoms with Crippen LogP contribution < -0.4 is 4.90 Å². The van der Waals surface area contributed by atoms with Crippen molar-refractivity contribution in [2.45, 2.75) is 56.7 Å². The second-order valence-corrected chi connectivity index (χ2v) is 8.45. The molecule has 0 bridgehead atoms. The summed E-state index contributed by atoms with van der Waals surface area (Å²) < 4.78 is 6.03. The molecular weight excluding hydrogens is 344 g/mol. The summed E-state index contributed by atoms with van der Waals surface area (Å²) in [6, 6.07) is 7.39. The van der Waals surface area contributed by atoms with E-state index in [1.807, 2.05) is 36.1 Å². The number of benzene rings is 1. The Balaban J connectivity index is 1.43. The van der Waals surface area contributed by atoms with Crippen LogP contribution in [0.5, 0.6) is 0 Å². The number of piperidine rings is 1. The van der Waals surface area contributed by atoms with E-state index in [0.29, 0.717) is 44.5 Å². The van der Waals surface area contributed by atoms with Gasteiger partial charge < -0.3 is 19.6 Å². The van der Waals surface area contributed by atoms with Crippen molar-refractivity contribution < 1.29 is 19.4 Å². The third-order valence-corrected chi connectivity index (χ3v) is 6.19. The van der Waals surface area contributed by atoms with Gasteiger partial charge in [0.05, 0.1) is 17.8 Å². The molecule has 1 spiro atoms. The van der Waals surface area contributed by atoms with Crippen LogP contribution in [0.2, 0.25) is 0 Å². The average Bonchev–Trinajstić information content (AvgIpc) is 3.07. The second-order valence-electron chi connectivity index (χ2n) is 8.45. The van der Waals surface area contributed by atoms with Crippen LogP contribution in [0, 0.1) is 0 Å². The minimum Gasteiger partial charge on any atom is -0.390 e. The molecule has 0 aromatic heterocycles. The molecule has 3 fully saturated rings. The minimum atomic E-state index is -0.680. The van der Waals surface area contributed by atoms with Gasteiger partial charge in [0.25, 0.3) is 5.91 Å². The van der Waals surface area contributed by atoms with Crippen molar-refractivity contribution >= 4 is 17.5 Å². The van der Waals surface area contributed by atoms with Gasteiger partial charge >= 0.3 is 0 Å². The fourth-order valence-corrected chi connectivity index (χ4v) is 4.67. The number of carbonyl (C=O) groups is 2. The largest absolute Gasteiger partial charge is 0.390 e. The molecule has 1 aromatic rings. The van der Waals surface area contributed by atoms with Crippen LogP contribution in [0.25, 0.3) is 0 Å². The first-order chi connectivity index (χ1) is 12.9. The van der Waals surface area contributed by atoms with Gasteiger partial charge in [-0.25, -0.2) is 0 Å². The third kappa shape index (κ3) is 3.73. The van der Waals surface area contributed by atoms with Crippen molar-refractivity contribution in [3.63, 3.8) is 0 Å². The lowest BCUT2D eigenvalue weighted by Gasteiger charge is -2.48. The molecule has 27 heavy (non-hydrogen) atoms. The standard InChI is InChI=1S/C21H28N2O4/c1-20(26)9-13-27-21(15-20)7-11-22(12-8-21)19(25)16-4-2-5-17(14-16)23-10-3-6-18(23)24/h2,4-5,14,26H,3,6-13,15H2,1H3. The Labute approximate surface area is 160 Å². The van der Waals surface area contributed by atoms with Crippen LogP contribution in [0.1, 0.15) is 55.8 Å². The highest BCUT2D eigenvalue weighted by Crippen LogP contribution is 2.39. The van der Waals surface area contributed by atoms with Crippen molar-refractivity contribution in [1.82, 2.24) is 4.90 Å². The Kier molecular flexibility index (Phi) is 4.72. The van der Waals surface area contributed by atoms with Crippen molar-refractivity contribution in [2.75, 3.05) is 31.1 Å². The van der Waals surface area contributed by atoms with E-state index in [2.05, 4.69) is 0 Å². The zero-order chi connectivity index (χ0) is 19.1. The molecule has 0 aliphatic carbocycles. The maximum atomic E-state index is 13.0. The first kappa shape index (κ1) is 18.4. The molecule has 3 aliphatic heterocycles. The Morgan fingerprint density at radius 1 is 1.19 bits per heavy atom. The van der Waals surface area contributed by atoms with Crippen LogP contribution in [0.3, 0.4) is 0 Å². The number of aliphatic hydroxyl groups is 1. The monoisotopic (exact) mass is 372 g/mol. The normalized spacial score (nSPS) is 28.0. The highest BCUT2D eigenvalue weighted by Gasteiger charge is 2.45. The lowest BCUT2D eigenvalue weighted by Crippen LogP contribution is -2.54. The van der Waals surface area contributed by atoms with Crippen molar-refractivity contribution in [3.8, 4) is 0 Å². The van der Waals surface area contributed by atoms with Crippen molar-refractivity contribution in [3.05, 3.63) is 29.8 Å². The van der Waals surface area contributed by atoms with Gasteiger partial charge in [-0.1, -0.05) is 6.07 Å². The van der Waals surface area contributed by atoms with E-state index >= 15 is 0 Å². The highest BCUT2D eigenvalue weighted by molar-refractivity contribution is 5.99. The van der Waals surface area contributed by atoms with Gasteiger partial charge in [-0.15, -0.1) is 0 Å². The summed E-state index contributed by atoms with van der Waals surface area (Å²) in [4.78, 5) is 28.6. The second kappa shape index (κ2) is 6.91. The molecule has 6 nitrogen and oxygen atoms in total. The fourth-order valence-electron chi connectivity index (χ4n) is 4.67. The molecule has 146 valence electrons. The lowest BCUT2D eigenvalue weighted by molar-refractivity contribution is -0.170. The lowest BCUT2D eigenvalue weighted by atomic mass is 9.78. The van der Waals surface area contributed by atoms with E-state index in [0.717, 1.165) is 31.5 Å². The van der Waals surface area contributed by atoms with E-state index < -0.39 is 5.60 Å². The van der Waals surface area contributed by atoms with E-state index in [1.54, 1.807) is 4.90 Å². The quantitative estimate of drug-likeness (QED) is 0.865. The molecule has 3 heterocycles. The number of nitrogens with zero attached hydrogens (tertiary/aromatic N) is 2. The molecule has 3 aliphatic rings. The number of rotatable bonds is 2. The number of anilines is 1. The van der Waals surface area contributed by atoms with Gasteiger partial charge in [0.1, 0.15) is 0 Å². The SMILES string of the molecule is CC1(O)CCOC2(CCN(C(=O)c3cccc(N4CCCC4=O)c3)CC2)C1. The predicted octanol–water partition coefficient (Wildman–Crippen LogP) is 2.35. The van der Waals surface area contributed by atoms with Crippen LogP contribution in [0.4, 0.5) is 5.69 Å².